The van der Waals surface area contributed by atoms with Crippen LogP contribution in [-0.2, 0) is 6.42 Å². The van der Waals surface area contributed by atoms with Crippen LogP contribution in [0, 0.1) is 0 Å². The largest absolute Gasteiger partial charge is 0.494 e. The van der Waals surface area contributed by atoms with Crippen molar-refractivity contribution < 1.29 is 19.1 Å². The third-order valence-electron chi connectivity index (χ3n) is 6.76. The first-order chi connectivity index (χ1) is 18.6. The second-order valence-corrected chi connectivity index (χ2v) is 8.98. The maximum atomic E-state index is 13.4. The Hall–Kier alpha value is -4.72. The van der Waals surface area contributed by atoms with E-state index in [9.17, 15) is 9.59 Å². The minimum atomic E-state index is -0.484. The number of aryl methyl sites for hydroxylation is 1. The van der Waals surface area contributed by atoms with Crippen LogP contribution in [0.4, 0.5) is 5.69 Å². The first-order valence-electron chi connectivity index (χ1n) is 12.4. The first kappa shape index (κ1) is 25.0. The third-order valence-corrected chi connectivity index (χ3v) is 6.76. The SMILES string of the molecule is COc1cccc(OC)c1NC(=O)c1cccc(C(=O)N[C@@H]2CCc3ccccc3C2c2cccnc2)n1. The highest BCUT2D eigenvalue weighted by Crippen LogP contribution is 2.37. The molecule has 2 amide bonds. The predicted octanol–water partition coefficient (Wildman–Crippen LogP) is 4.62. The number of hydrogen-bond acceptors (Lipinski definition) is 6. The topological polar surface area (TPSA) is 102 Å². The van der Waals surface area contributed by atoms with Crippen LogP contribution in [-0.4, -0.2) is 42.0 Å². The summed E-state index contributed by atoms with van der Waals surface area (Å²) in [5, 5.41) is 5.97. The Morgan fingerprint density at radius 3 is 2.26 bits per heavy atom. The molecule has 1 aliphatic carbocycles. The van der Waals surface area contributed by atoms with Crippen LogP contribution in [0.25, 0.3) is 0 Å². The van der Waals surface area contributed by atoms with Crippen molar-refractivity contribution in [2.24, 2.45) is 0 Å². The number of aromatic nitrogens is 2. The maximum Gasteiger partial charge on any atom is 0.274 e. The van der Waals surface area contributed by atoms with Gasteiger partial charge in [-0.05, 0) is 59.9 Å². The smallest absolute Gasteiger partial charge is 0.274 e. The predicted molar refractivity (Wildman–Crippen MR) is 144 cm³/mol. The highest BCUT2D eigenvalue weighted by Gasteiger charge is 2.32. The zero-order valence-electron chi connectivity index (χ0n) is 21.2. The number of para-hydroxylation sites is 1. The Balaban J connectivity index is 1.38. The molecule has 1 aliphatic rings. The molecule has 1 unspecified atom stereocenters. The monoisotopic (exact) mass is 508 g/mol. The first-order valence-corrected chi connectivity index (χ1v) is 12.4. The van der Waals surface area contributed by atoms with Crippen molar-refractivity contribution in [3.63, 3.8) is 0 Å². The molecule has 0 saturated heterocycles. The Labute approximate surface area is 221 Å². The van der Waals surface area contributed by atoms with E-state index in [0.717, 1.165) is 18.4 Å². The van der Waals surface area contributed by atoms with Gasteiger partial charge in [0.05, 0.1) is 14.2 Å². The maximum absolute atomic E-state index is 13.4. The molecule has 0 aliphatic heterocycles. The second-order valence-electron chi connectivity index (χ2n) is 8.98. The van der Waals surface area contributed by atoms with Gasteiger partial charge in [-0.15, -0.1) is 0 Å². The van der Waals surface area contributed by atoms with Crippen LogP contribution in [0.2, 0.25) is 0 Å². The summed E-state index contributed by atoms with van der Waals surface area (Å²) >= 11 is 0. The number of carbonyl (C=O) groups is 2. The molecule has 8 heteroatoms. The lowest BCUT2D eigenvalue weighted by Gasteiger charge is -2.34. The summed E-state index contributed by atoms with van der Waals surface area (Å²) in [6.45, 7) is 0. The fourth-order valence-electron chi connectivity index (χ4n) is 4.97. The molecular weight excluding hydrogens is 480 g/mol. The van der Waals surface area contributed by atoms with Crippen LogP contribution in [0.3, 0.4) is 0 Å². The zero-order valence-corrected chi connectivity index (χ0v) is 21.2. The summed E-state index contributed by atoms with van der Waals surface area (Å²) in [5.74, 6) is 0.0356. The van der Waals surface area contributed by atoms with Crippen LogP contribution in [0.5, 0.6) is 11.5 Å². The number of fused-ring (bicyclic) bond motifs is 1. The number of nitrogens with one attached hydrogen (secondary N) is 2. The quantitative estimate of drug-likeness (QED) is 0.378. The van der Waals surface area contributed by atoms with Crippen LogP contribution in [0.1, 0.15) is 50.0 Å². The van der Waals surface area contributed by atoms with Gasteiger partial charge in [-0.2, -0.15) is 0 Å². The summed E-state index contributed by atoms with van der Waals surface area (Å²) in [6.07, 6.45) is 5.22. The van der Waals surface area contributed by atoms with Gasteiger partial charge in [0.2, 0.25) is 0 Å². The van der Waals surface area contributed by atoms with E-state index in [2.05, 4.69) is 32.7 Å². The molecule has 38 heavy (non-hydrogen) atoms. The van der Waals surface area contributed by atoms with Gasteiger partial charge < -0.3 is 20.1 Å². The minimum absolute atomic E-state index is 0.0397. The Morgan fingerprint density at radius 2 is 1.55 bits per heavy atom. The fraction of sp³-hybridized carbons (Fsp3) is 0.200. The lowest BCUT2D eigenvalue weighted by Crippen LogP contribution is -2.42. The van der Waals surface area contributed by atoms with Gasteiger partial charge in [-0.1, -0.05) is 42.5 Å². The van der Waals surface area contributed by atoms with E-state index in [1.165, 1.54) is 25.3 Å². The summed E-state index contributed by atoms with van der Waals surface area (Å²) in [5.41, 5.74) is 4.15. The molecule has 2 aromatic carbocycles. The Kier molecular flexibility index (Phi) is 7.31. The van der Waals surface area contributed by atoms with E-state index in [0.29, 0.717) is 17.2 Å². The van der Waals surface area contributed by atoms with E-state index in [4.69, 9.17) is 9.47 Å². The number of carbonyl (C=O) groups excluding carboxylic acids is 2. The Bertz CT molecular complexity index is 1440. The molecule has 0 saturated carbocycles. The summed E-state index contributed by atoms with van der Waals surface area (Å²) in [6, 6.07) is 22.1. The molecule has 2 aromatic heterocycles. The molecule has 0 bridgehead atoms. The number of nitrogens with zero attached hydrogens (tertiary/aromatic N) is 2. The van der Waals surface area contributed by atoms with Crippen molar-refractivity contribution in [1.82, 2.24) is 15.3 Å². The molecule has 2 N–H and O–H groups in total. The van der Waals surface area contributed by atoms with E-state index in [1.54, 1.807) is 42.6 Å². The lowest BCUT2D eigenvalue weighted by atomic mass is 9.76. The molecular formula is C30H28N4O4. The van der Waals surface area contributed by atoms with Gasteiger partial charge in [0.1, 0.15) is 28.6 Å². The van der Waals surface area contributed by atoms with E-state index in [-0.39, 0.29) is 29.3 Å². The molecule has 8 nitrogen and oxygen atoms in total. The molecule has 2 atom stereocenters. The van der Waals surface area contributed by atoms with Crippen molar-refractivity contribution in [3.8, 4) is 11.5 Å². The summed E-state index contributed by atoms with van der Waals surface area (Å²) in [4.78, 5) is 35.1. The highest BCUT2D eigenvalue weighted by atomic mass is 16.5. The van der Waals surface area contributed by atoms with Crippen molar-refractivity contribution in [2.45, 2.75) is 24.8 Å². The van der Waals surface area contributed by atoms with Gasteiger partial charge in [0.15, 0.2) is 0 Å². The van der Waals surface area contributed by atoms with Crippen LogP contribution < -0.4 is 20.1 Å². The third kappa shape index (κ3) is 5.06. The Morgan fingerprint density at radius 1 is 0.842 bits per heavy atom. The fourth-order valence-corrected chi connectivity index (χ4v) is 4.97. The number of pyridine rings is 2. The van der Waals surface area contributed by atoms with Crippen LogP contribution >= 0.6 is 0 Å². The van der Waals surface area contributed by atoms with E-state index >= 15 is 0 Å². The van der Waals surface area contributed by atoms with Crippen molar-refractivity contribution >= 4 is 17.5 Å². The van der Waals surface area contributed by atoms with E-state index < -0.39 is 5.91 Å². The molecule has 4 aromatic rings. The van der Waals surface area contributed by atoms with Gasteiger partial charge >= 0.3 is 0 Å². The molecule has 0 spiro atoms. The number of anilines is 1. The summed E-state index contributed by atoms with van der Waals surface area (Å²) < 4.78 is 10.7. The van der Waals surface area contributed by atoms with E-state index in [1.807, 2.05) is 30.5 Å². The van der Waals surface area contributed by atoms with Crippen molar-refractivity contribution in [2.75, 3.05) is 19.5 Å². The molecule has 0 fully saturated rings. The summed E-state index contributed by atoms with van der Waals surface area (Å²) in [7, 11) is 3.02. The number of hydrogen-bond donors (Lipinski definition) is 2. The number of amides is 2. The number of methoxy groups -OCH3 is 2. The second kappa shape index (κ2) is 11.1. The standard InChI is InChI=1S/C30H28N4O4/c1-37-25-13-6-14-26(38-2)28(25)34-30(36)24-12-5-11-23(32-24)29(35)33-22-16-15-19-8-3-4-10-21(19)27(22)20-9-7-17-31-18-20/h3-14,17-18,22,27H,15-16H2,1-2H3,(H,33,35)(H,34,36)/t22-,27?/m1/s1. The normalized spacial score (nSPS) is 16.2. The average Bonchev–Trinajstić information content (AvgIpc) is 2.97. The lowest BCUT2D eigenvalue weighted by molar-refractivity contribution is 0.0924. The van der Waals surface area contributed by atoms with Gasteiger partial charge in [-0.3, -0.25) is 14.6 Å². The van der Waals surface area contributed by atoms with Gasteiger partial charge in [-0.25, -0.2) is 4.98 Å². The van der Waals surface area contributed by atoms with Crippen LogP contribution in [0.15, 0.2) is 85.2 Å². The highest BCUT2D eigenvalue weighted by molar-refractivity contribution is 6.05. The number of benzene rings is 2. The van der Waals surface area contributed by atoms with Crippen molar-refractivity contribution in [3.05, 3.63) is 113 Å². The molecule has 0 radical (unpaired) electrons. The zero-order chi connectivity index (χ0) is 26.5. The molecule has 192 valence electrons. The average molecular weight is 509 g/mol. The van der Waals surface area contributed by atoms with Gasteiger partial charge in [0.25, 0.3) is 11.8 Å². The number of ether oxygens (including phenoxy) is 2. The molecule has 2 heterocycles. The van der Waals surface area contributed by atoms with Gasteiger partial charge in [0, 0.05) is 24.4 Å². The minimum Gasteiger partial charge on any atom is -0.494 e. The number of rotatable bonds is 7. The molecule has 5 rings (SSSR count). The van der Waals surface area contributed by atoms with Crippen molar-refractivity contribution in [1.29, 1.82) is 0 Å².